The van der Waals surface area contributed by atoms with E-state index in [0.29, 0.717) is 12.1 Å². The molecule has 0 saturated carbocycles. The lowest BCUT2D eigenvalue weighted by Gasteiger charge is -2.16. The van der Waals surface area contributed by atoms with Gasteiger partial charge in [0.1, 0.15) is 0 Å². The van der Waals surface area contributed by atoms with Crippen LogP contribution < -0.4 is 5.32 Å². The molecule has 132 valence electrons. The molecule has 0 aromatic heterocycles. The fourth-order valence-corrected chi connectivity index (χ4v) is 2.62. The Morgan fingerprint density at radius 1 is 1.12 bits per heavy atom. The van der Waals surface area contributed by atoms with Gasteiger partial charge in [-0.15, -0.1) is 0 Å². The SMILES string of the molecule is CN(CCCNC(=O)Cc1ccccc1[N+](=O)[O-])Cc1ccccc1. The Morgan fingerprint density at radius 3 is 2.52 bits per heavy atom. The largest absolute Gasteiger partial charge is 0.356 e. The van der Waals surface area contributed by atoms with E-state index in [1.54, 1.807) is 18.2 Å². The van der Waals surface area contributed by atoms with Crippen LogP contribution in [0.15, 0.2) is 54.6 Å². The Hall–Kier alpha value is -2.73. The molecule has 2 aromatic carbocycles. The average molecular weight is 341 g/mol. The minimum atomic E-state index is -0.457. The molecule has 0 radical (unpaired) electrons. The van der Waals surface area contributed by atoms with E-state index < -0.39 is 4.92 Å². The maximum Gasteiger partial charge on any atom is 0.273 e. The molecule has 6 nitrogen and oxygen atoms in total. The number of benzene rings is 2. The highest BCUT2D eigenvalue weighted by molar-refractivity contribution is 5.79. The number of carbonyl (C=O) groups excluding carboxylic acids is 1. The Kier molecular flexibility index (Phi) is 7.10. The summed E-state index contributed by atoms with van der Waals surface area (Å²) in [6.45, 7) is 2.28. The maximum absolute atomic E-state index is 12.0. The monoisotopic (exact) mass is 341 g/mol. The van der Waals surface area contributed by atoms with Crippen LogP contribution in [-0.2, 0) is 17.8 Å². The maximum atomic E-state index is 12.0. The fraction of sp³-hybridized carbons (Fsp3) is 0.316. The molecule has 0 fully saturated rings. The molecule has 0 aliphatic rings. The lowest BCUT2D eigenvalue weighted by atomic mass is 10.1. The Balaban J connectivity index is 1.70. The Bertz CT molecular complexity index is 704. The number of hydrogen-bond acceptors (Lipinski definition) is 4. The van der Waals surface area contributed by atoms with Gasteiger partial charge in [0.25, 0.3) is 5.69 Å². The van der Waals surface area contributed by atoms with Gasteiger partial charge in [-0.05, 0) is 25.6 Å². The first-order valence-electron chi connectivity index (χ1n) is 8.27. The van der Waals surface area contributed by atoms with Crippen LogP contribution in [0.3, 0.4) is 0 Å². The van der Waals surface area contributed by atoms with Gasteiger partial charge in [-0.2, -0.15) is 0 Å². The quantitative estimate of drug-likeness (QED) is 0.432. The van der Waals surface area contributed by atoms with Crippen molar-refractivity contribution >= 4 is 11.6 Å². The normalized spacial score (nSPS) is 10.6. The number of para-hydroxylation sites is 1. The summed E-state index contributed by atoms with van der Waals surface area (Å²) >= 11 is 0. The third kappa shape index (κ3) is 6.35. The van der Waals surface area contributed by atoms with Crippen LogP contribution in [0, 0.1) is 10.1 Å². The molecule has 6 heteroatoms. The molecule has 2 rings (SSSR count). The van der Waals surface area contributed by atoms with Crippen molar-refractivity contribution < 1.29 is 9.72 Å². The van der Waals surface area contributed by atoms with Crippen LogP contribution in [0.2, 0.25) is 0 Å². The highest BCUT2D eigenvalue weighted by Gasteiger charge is 2.15. The van der Waals surface area contributed by atoms with Crippen LogP contribution in [0.5, 0.6) is 0 Å². The summed E-state index contributed by atoms with van der Waals surface area (Å²) < 4.78 is 0. The molecule has 0 aliphatic carbocycles. The van der Waals surface area contributed by atoms with Gasteiger partial charge in [0.05, 0.1) is 11.3 Å². The molecule has 1 N–H and O–H groups in total. The standard InChI is InChI=1S/C19H23N3O3/c1-21(15-16-8-3-2-4-9-16)13-7-12-20-19(23)14-17-10-5-6-11-18(17)22(24)25/h2-6,8-11H,7,12-15H2,1H3,(H,20,23). The predicted molar refractivity (Wildman–Crippen MR) is 97.2 cm³/mol. The molecular weight excluding hydrogens is 318 g/mol. The second kappa shape index (κ2) is 9.54. The highest BCUT2D eigenvalue weighted by Crippen LogP contribution is 2.17. The van der Waals surface area contributed by atoms with E-state index in [0.717, 1.165) is 19.5 Å². The van der Waals surface area contributed by atoms with Gasteiger partial charge in [-0.3, -0.25) is 14.9 Å². The number of rotatable bonds is 9. The molecule has 0 saturated heterocycles. The summed E-state index contributed by atoms with van der Waals surface area (Å²) in [7, 11) is 2.04. The van der Waals surface area contributed by atoms with Gasteiger partial charge in [0, 0.05) is 24.7 Å². The number of amides is 1. The molecule has 2 aromatic rings. The first kappa shape index (κ1) is 18.6. The minimum Gasteiger partial charge on any atom is -0.356 e. The van der Waals surface area contributed by atoms with Crippen LogP contribution in [0.1, 0.15) is 17.5 Å². The molecule has 0 bridgehead atoms. The van der Waals surface area contributed by atoms with Gasteiger partial charge in [-0.1, -0.05) is 48.5 Å². The van der Waals surface area contributed by atoms with Crippen molar-refractivity contribution in [2.24, 2.45) is 0 Å². The number of nitro benzene ring substituents is 1. The molecule has 25 heavy (non-hydrogen) atoms. The van der Waals surface area contributed by atoms with E-state index in [1.165, 1.54) is 11.6 Å². The molecular formula is C19H23N3O3. The Morgan fingerprint density at radius 2 is 1.80 bits per heavy atom. The van der Waals surface area contributed by atoms with Crippen LogP contribution in [0.25, 0.3) is 0 Å². The molecule has 0 unspecified atom stereocenters. The number of nitrogens with one attached hydrogen (secondary N) is 1. The number of carbonyl (C=O) groups is 1. The zero-order valence-corrected chi connectivity index (χ0v) is 14.4. The lowest BCUT2D eigenvalue weighted by molar-refractivity contribution is -0.385. The van der Waals surface area contributed by atoms with Crippen molar-refractivity contribution in [3.8, 4) is 0 Å². The van der Waals surface area contributed by atoms with E-state index >= 15 is 0 Å². The van der Waals surface area contributed by atoms with E-state index in [9.17, 15) is 14.9 Å². The van der Waals surface area contributed by atoms with Crippen molar-refractivity contribution in [2.75, 3.05) is 20.1 Å². The van der Waals surface area contributed by atoms with Crippen LogP contribution in [-0.4, -0.2) is 35.9 Å². The smallest absolute Gasteiger partial charge is 0.273 e. The van der Waals surface area contributed by atoms with E-state index in [2.05, 4.69) is 22.3 Å². The van der Waals surface area contributed by atoms with Gasteiger partial charge < -0.3 is 10.2 Å². The summed E-state index contributed by atoms with van der Waals surface area (Å²) in [5.74, 6) is -0.194. The number of hydrogen-bond donors (Lipinski definition) is 1. The minimum absolute atomic E-state index is 0.0137. The molecule has 0 atom stereocenters. The molecule has 0 aliphatic heterocycles. The van der Waals surface area contributed by atoms with Gasteiger partial charge in [0.15, 0.2) is 0 Å². The molecule has 0 heterocycles. The van der Waals surface area contributed by atoms with E-state index in [1.807, 2.05) is 25.2 Å². The van der Waals surface area contributed by atoms with Gasteiger partial charge >= 0.3 is 0 Å². The molecule has 0 spiro atoms. The van der Waals surface area contributed by atoms with Crippen molar-refractivity contribution in [2.45, 2.75) is 19.4 Å². The van der Waals surface area contributed by atoms with Gasteiger partial charge in [0.2, 0.25) is 5.91 Å². The summed E-state index contributed by atoms with van der Waals surface area (Å²) in [5, 5.41) is 13.8. The summed E-state index contributed by atoms with van der Waals surface area (Å²) in [6, 6.07) is 16.5. The second-order valence-electron chi connectivity index (χ2n) is 5.99. The van der Waals surface area contributed by atoms with Crippen molar-refractivity contribution in [1.82, 2.24) is 10.2 Å². The first-order valence-corrected chi connectivity index (χ1v) is 8.27. The predicted octanol–water partition coefficient (Wildman–Crippen LogP) is 2.78. The third-order valence-electron chi connectivity index (χ3n) is 3.87. The summed E-state index contributed by atoms with van der Waals surface area (Å²) in [4.78, 5) is 24.7. The van der Waals surface area contributed by atoms with Crippen molar-refractivity contribution in [3.63, 3.8) is 0 Å². The van der Waals surface area contributed by atoms with Crippen molar-refractivity contribution in [1.29, 1.82) is 0 Å². The van der Waals surface area contributed by atoms with Crippen molar-refractivity contribution in [3.05, 3.63) is 75.8 Å². The average Bonchev–Trinajstić information content (AvgIpc) is 2.60. The number of nitrogens with zero attached hydrogens (tertiary/aromatic N) is 2. The first-order chi connectivity index (χ1) is 12.1. The summed E-state index contributed by atoms with van der Waals surface area (Å²) in [6.07, 6.45) is 0.850. The summed E-state index contributed by atoms with van der Waals surface area (Å²) in [5.41, 5.74) is 1.68. The highest BCUT2D eigenvalue weighted by atomic mass is 16.6. The Labute approximate surface area is 147 Å². The third-order valence-corrected chi connectivity index (χ3v) is 3.87. The zero-order chi connectivity index (χ0) is 18.1. The van der Waals surface area contributed by atoms with E-state index in [-0.39, 0.29) is 18.0 Å². The topological polar surface area (TPSA) is 75.5 Å². The van der Waals surface area contributed by atoms with Crippen LogP contribution >= 0.6 is 0 Å². The fourth-order valence-electron chi connectivity index (χ4n) is 2.62. The van der Waals surface area contributed by atoms with Gasteiger partial charge in [-0.25, -0.2) is 0 Å². The number of nitro groups is 1. The van der Waals surface area contributed by atoms with Crippen LogP contribution in [0.4, 0.5) is 5.69 Å². The second-order valence-corrected chi connectivity index (χ2v) is 5.99. The molecule has 1 amide bonds. The lowest BCUT2D eigenvalue weighted by Crippen LogP contribution is -2.29. The zero-order valence-electron chi connectivity index (χ0n) is 14.4. The van der Waals surface area contributed by atoms with E-state index in [4.69, 9.17) is 0 Å².